The number of urea groups is 1. The van der Waals surface area contributed by atoms with Gasteiger partial charge in [-0.05, 0) is 18.2 Å². The number of hydrogen-bond donors (Lipinski definition) is 2. The van der Waals surface area contributed by atoms with Crippen molar-refractivity contribution < 1.29 is 19.0 Å². The highest BCUT2D eigenvalue weighted by Crippen LogP contribution is 2.29. The molecule has 2 N–H and O–H groups in total. The number of nitrogens with one attached hydrogen (secondary N) is 2. The third kappa shape index (κ3) is 5.58. The lowest BCUT2D eigenvalue weighted by Crippen LogP contribution is -2.32. The molecule has 1 heterocycles. The zero-order chi connectivity index (χ0) is 20.5. The predicted octanol–water partition coefficient (Wildman–Crippen LogP) is 3.36. The number of nitrogens with zero attached hydrogens (tertiary/aromatic N) is 2. The van der Waals surface area contributed by atoms with Crippen LogP contribution in [-0.2, 0) is 0 Å². The van der Waals surface area contributed by atoms with Gasteiger partial charge in [-0.1, -0.05) is 30.3 Å². The van der Waals surface area contributed by atoms with Crippen LogP contribution in [0.3, 0.4) is 0 Å². The minimum absolute atomic E-state index is 0.263. The fourth-order valence-corrected chi connectivity index (χ4v) is 2.57. The van der Waals surface area contributed by atoms with E-state index in [1.54, 1.807) is 31.4 Å². The normalized spacial score (nSPS) is 10.1. The fraction of sp³-hybridized carbons (Fsp3) is 0.190. The van der Waals surface area contributed by atoms with Gasteiger partial charge in [0, 0.05) is 23.4 Å². The average molecular weight is 394 g/mol. The van der Waals surface area contributed by atoms with Crippen molar-refractivity contribution in [2.24, 2.45) is 0 Å². The maximum absolute atomic E-state index is 12.0. The number of aromatic nitrogens is 2. The Hall–Kier alpha value is -3.81. The Balaban J connectivity index is 1.43. The molecule has 0 spiro atoms. The van der Waals surface area contributed by atoms with Crippen LogP contribution in [0.5, 0.6) is 17.4 Å². The molecule has 3 rings (SSSR count). The molecule has 8 heteroatoms. The van der Waals surface area contributed by atoms with Crippen LogP contribution in [0.2, 0.25) is 0 Å². The van der Waals surface area contributed by atoms with Crippen molar-refractivity contribution in [1.29, 1.82) is 0 Å². The smallest absolute Gasteiger partial charge is 0.319 e. The summed E-state index contributed by atoms with van der Waals surface area (Å²) >= 11 is 0. The van der Waals surface area contributed by atoms with Crippen molar-refractivity contribution in [2.45, 2.75) is 0 Å². The monoisotopic (exact) mass is 394 g/mol. The van der Waals surface area contributed by atoms with Crippen LogP contribution in [0.15, 0.2) is 60.7 Å². The maximum Gasteiger partial charge on any atom is 0.319 e. The molecule has 0 saturated carbocycles. The molecule has 0 aliphatic heterocycles. The van der Waals surface area contributed by atoms with E-state index in [0.29, 0.717) is 29.6 Å². The first-order chi connectivity index (χ1) is 14.2. The summed E-state index contributed by atoms with van der Waals surface area (Å²) in [5.74, 6) is 1.52. The Labute approximate surface area is 168 Å². The van der Waals surface area contributed by atoms with Crippen molar-refractivity contribution in [2.75, 3.05) is 32.7 Å². The van der Waals surface area contributed by atoms with E-state index in [0.717, 1.165) is 11.3 Å². The largest absolute Gasteiger partial charge is 0.493 e. The average Bonchev–Trinajstić information content (AvgIpc) is 2.77. The number of methoxy groups -OCH3 is 2. The second-order valence-electron chi connectivity index (χ2n) is 5.92. The molecule has 8 nitrogen and oxygen atoms in total. The molecule has 0 atom stereocenters. The first-order valence-electron chi connectivity index (χ1n) is 8.98. The van der Waals surface area contributed by atoms with E-state index in [4.69, 9.17) is 14.2 Å². The zero-order valence-electron chi connectivity index (χ0n) is 16.2. The van der Waals surface area contributed by atoms with Crippen LogP contribution >= 0.6 is 0 Å². The van der Waals surface area contributed by atoms with Crippen molar-refractivity contribution in [1.82, 2.24) is 15.5 Å². The van der Waals surface area contributed by atoms with Gasteiger partial charge in [-0.3, -0.25) is 0 Å². The van der Waals surface area contributed by atoms with Gasteiger partial charge in [-0.2, -0.15) is 0 Å². The van der Waals surface area contributed by atoms with E-state index in [1.165, 1.54) is 7.11 Å². The van der Waals surface area contributed by atoms with Crippen molar-refractivity contribution >= 4 is 11.7 Å². The Bertz CT molecular complexity index is 933. The van der Waals surface area contributed by atoms with Gasteiger partial charge in [0.2, 0.25) is 5.88 Å². The number of ether oxygens (including phenoxy) is 3. The maximum atomic E-state index is 12.0. The Morgan fingerprint density at radius 3 is 2.41 bits per heavy atom. The molecule has 0 fully saturated rings. The van der Waals surface area contributed by atoms with E-state index >= 15 is 0 Å². The van der Waals surface area contributed by atoms with Crippen LogP contribution in [0.25, 0.3) is 11.3 Å². The number of carbonyl (C=O) groups is 1. The topological polar surface area (TPSA) is 94.6 Å². The molecule has 0 aliphatic carbocycles. The first-order valence-corrected chi connectivity index (χ1v) is 8.98. The minimum Gasteiger partial charge on any atom is -0.493 e. The number of amides is 2. The lowest BCUT2D eigenvalue weighted by atomic mass is 10.1. The highest BCUT2D eigenvalue weighted by atomic mass is 16.5. The molecule has 1 aromatic heterocycles. The van der Waals surface area contributed by atoms with E-state index < -0.39 is 0 Å². The van der Waals surface area contributed by atoms with Crippen LogP contribution in [-0.4, -0.2) is 43.6 Å². The molecule has 0 saturated heterocycles. The van der Waals surface area contributed by atoms with Crippen LogP contribution in [0.4, 0.5) is 10.5 Å². The molecular formula is C21H22N4O4. The molecular weight excluding hydrogens is 372 g/mol. The molecule has 0 radical (unpaired) electrons. The molecule has 3 aromatic rings. The second-order valence-corrected chi connectivity index (χ2v) is 5.92. The predicted molar refractivity (Wildman–Crippen MR) is 110 cm³/mol. The van der Waals surface area contributed by atoms with Crippen LogP contribution < -0.4 is 24.8 Å². The van der Waals surface area contributed by atoms with Gasteiger partial charge in [0.15, 0.2) is 11.5 Å². The van der Waals surface area contributed by atoms with Gasteiger partial charge >= 0.3 is 6.03 Å². The van der Waals surface area contributed by atoms with Gasteiger partial charge in [-0.15, -0.1) is 10.2 Å². The van der Waals surface area contributed by atoms with Gasteiger partial charge in [-0.25, -0.2) is 4.79 Å². The summed E-state index contributed by atoms with van der Waals surface area (Å²) in [5.41, 5.74) is 2.34. The summed E-state index contributed by atoms with van der Waals surface area (Å²) in [6.07, 6.45) is 0. The van der Waals surface area contributed by atoms with E-state index in [1.807, 2.05) is 36.4 Å². The minimum atomic E-state index is -0.355. The molecule has 0 aliphatic rings. The third-order valence-electron chi connectivity index (χ3n) is 3.99. The van der Waals surface area contributed by atoms with Gasteiger partial charge in [0.05, 0.1) is 26.5 Å². The third-order valence-corrected chi connectivity index (χ3v) is 3.99. The molecule has 0 unspecified atom stereocenters. The van der Waals surface area contributed by atoms with Gasteiger partial charge in [0.1, 0.15) is 6.61 Å². The summed E-state index contributed by atoms with van der Waals surface area (Å²) in [6.45, 7) is 0.569. The quantitative estimate of drug-likeness (QED) is 0.569. The molecule has 2 amide bonds. The van der Waals surface area contributed by atoms with E-state index in [9.17, 15) is 4.79 Å². The number of anilines is 1. The van der Waals surface area contributed by atoms with Crippen LogP contribution in [0.1, 0.15) is 0 Å². The Morgan fingerprint density at radius 1 is 0.931 bits per heavy atom. The summed E-state index contributed by atoms with van der Waals surface area (Å²) in [6, 6.07) is 18.1. The summed E-state index contributed by atoms with van der Waals surface area (Å²) in [5, 5.41) is 13.6. The number of carbonyl (C=O) groups excluding carboxylic acids is 1. The number of benzene rings is 2. The number of rotatable bonds is 8. The highest BCUT2D eigenvalue weighted by molar-refractivity contribution is 5.89. The van der Waals surface area contributed by atoms with E-state index in [2.05, 4.69) is 20.8 Å². The van der Waals surface area contributed by atoms with E-state index in [-0.39, 0.29) is 12.6 Å². The first kappa shape index (κ1) is 19.9. The molecule has 29 heavy (non-hydrogen) atoms. The lowest BCUT2D eigenvalue weighted by molar-refractivity contribution is 0.246. The van der Waals surface area contributed by atoms with Crippen molar-refractivity contribution in [3.05, 3.63) is 60.7 Å². The fourth-order valence-electron chi connectivity index (χ4n) is 2.57. The molecule has 150 valence electrons. The Kier molecular flexibility index (Phi) is 6.83. The zero-order valence-corrected chi connectivity index (χ0v) is 16.2. The number of hydrogen-bond acceptors (Lipinski definition) is 6. The standard InChI is InChI=1S/C21H22N4O4/c1-27-18-10-8-16(14-19(18)28-2)23-21(26)22-12-13-29-20-11-9-17(24-25-20)15-6-4-3-5-7-15/h3-11,14H,12-13H2,1-2H3,(H2,22,23,26). The SMILES string of the molecule is COc1ccc(NC(=O)NCCOc2ccc(-c3ccccc3)nn2)cc1OC. The summed E-state index contributed by atoms with van der Waals surface area (Å²) in [4.78, 5) is 12.0. The van der Waals surface area contributed by atoms with Crippen molar-refractivity contribution in [3.8, 4) is 28.6 Å². The summed E-state index contributed by atoms with van der Waals surface area (Å²) in [7, 11) is 3.09. The van der Waals surface area contributed by atoms with Gasteiger partial charge < -0.3 is 24.8 Å². The van der Waals surface area contributed by atoms with Gasteiger partial charge in [0.25, 0.3) is 0 Å². The highest BCUT2D eigenvalue weighted by Gasteiger charge is 2.07. The lowest BCUT2D eigenvalue weighted by Gasteiger charge is -2.11. The molecule has 0 bridgehead atoms. The second kappa shape index (κ2) is 9.93. The Morgan fingerprint density at radius 2 is 1.72 bits per heavy atom. The summed E-state index contributed by atoms with van der Waals surface area (Å²) < 4.78 is 15.9. The van der Waals surface area contributed by atoms with Crippen molar-refractivity contribution in [3.63, 3.8) is 0 Å². The molecule has 2 aromatic carbocycles. The van der Waals surface area contributed by atoms with Crippen LogP contribution in [0, 0.1) is 0 Å².